The number of anilines is 2. The van der Waals surface area contributed by atoms with E-state index in [2.05, 4.69) is 43.0 Å². The number of rotatable bonds is 6. The summed E-state index contributed by atoms with van der Waals surface area (Å²) in [7, 11) is 1.75. The van der Waals surface area contributed by atoms with E-state index in [0.29, 0.717) is 25.5 Å². The van der Waals surface area contributed by atoms with Crippen LogP contribution in [0.1, 0.15) is 6.42 Å². The van der Waals surface area contributed by atoms with Gasteiger partial charge in [-0.05, 0) is 36.8 Å². The molecule has 8 heteroatoms. The molecule has 1 saturated heterocycles. The summed E-state index contributed by atoms with van der Waals surface area (Å²) in [6.07, 6.45) is 2.52. The molecule has 1 fully saturated rings. The summed E-state index contributed by atoms with van der Waals surface area (Å²) in [5.74, 6) is 1.71. The molecule has 0 saturated carbocycles. The lowest BCUT2D eigenvalue weighted by Gasteiger charge is -2.20. The fourth-order valence-corrected chi connectivity index (χ4v) is 3.60. The predicted octanol–water partition coefficient (Wildman–Crippen LogP) is 2.62. The number of nitrogens with zero attached hydrogens (tertiary/aromatic N) is 4. The van der Waals surface area contributed by atoms with Gasteiger partial charge in [0.1, 0.15) is 5.82 Å². The van der Waals surface area contributed by atoms with Crippen molar-refractivity contribution in [2.45, 2.75) is 12.5 Å². The van der Waals surface area contributed by atoms with Gasteiger partial charge < -0.3 is 20.9 Å². The third kappa shape index (κ3) is 4.76. The van der Waals surface area contributed by atoms with Gasteiger partial charge in [-0.15, -0.1) is 0 Å². The molecule has 0 radical (unpaired) electrons. The van der Waals surface area contributed by atoms with E-state index in [1.807, 2.05) is 29.2 Å². The van der Waals surface area contributed by atoms with Crippen LogP contribution in [0.5, 0.6) is 0 Å². The molecule has 0 amide bonds. The normalized spacial score (nSPS) is 16.7. The van der Waals surface area contributed by atoms with Crippen molar-refractivity contribution in [3.8, 4) is 0 Å². The van der Waals surface area contributed by atoms with Gasteiger partial charge in [-0.1, -0.05) is 18.2 Å². The van der Waals surface area contributed by atoms with Crippen LogP contribution in [-0.2, 0) is 0 Å². The second-order valence-corrected chi connectivity index (χ2v) is 7.20. The maximum Gasteiger partial charge on any atom is 0.191 e. The molecule has 1 aliphatic rings. The minimum Gasteiger partial charge on any atom is -0.368 e. The van der Waals surface area contributed by atoms with Crippen molar-refractivity contribution in [1.82, 2.24) is 20.6 Å². The lowest BCUT2D eigenvalue weighted by molar-refractivity contribution is 0.612. The number of aromatic nitrogens is 2. The number of fused-ring (bicyclic) bond motifs is 1. The topological polar surface area (TPSA) is 77.5 Å². The first kappa shape index (κ1) is 19.9. The molecule has 3 N–H and O–H groups in total. The van der Waals surface area contributed by atoms with Gasteiger partial charge in [-0.3, -0.25) is 4.99 Å². The van der Waals surface area contributed by atoms with E-state index in [1.54, 1.807) is 19.3 Å². The predicted molar refractivity (Wildman–Crippen MR) is 120 cm³/mol. The quantitative estimate of drug-likeness (QED) is 0.331. The first-order valence-corrected chi connectivity index (χ1v) is 10.2. The van der Waals surface area contributed by atoms with Gasteiger partial charge in [-0.25, -0.2) is 14.4 Å². The number of hydrogen-bond acceptors (Lipinski definition) is 5. The molecule has 1 aromatic carbocycles. The van der Waals surface area contributed by atoms with Gasteiger partial charge in [0.15, 0.2) is 17.6 Å². The average molecular weight is 407 g/mol. The monoisotopic (exact) mass is 407 g/mol. The van der Waals surface area contributed by atoms with Crippen LogP contribution in [-0.4, -0.2) is 55.2 Å². The average Bonchev–Trinajstić information content (AvgIpc) is 3.24. The zero-order chi connectivity index (χ0) is 20.8. The van der Waals surface area contributed by atoms with Crippen LogP contribution in [0.15, 0.2) is 59.7 Å². The smallest absolute Gasteiger partial charge is 0.191 e. The Morgan fingerprint density at radius 2 is 2.07 bits per heavy atom. The molecule has 4 rings (SSSR count). The highest BCUT2D eigenvalue weighted by Gasteiger charge is 2.25. The van der Waals surface area contributed by atoms with Crippen molar-refractivity contribution >= 4 is 28.5 Å². The highest BCUT2D eigenvalue weighted by molar-refractivity contribution is 5.81. The van der Waals surface area contributed by atoms with Crippen LogP contribution < -0.4 is 20.9 Å². The number of nitrogens with one attached hydrogen (secondary N) is 3. The molecule has 1 aliphatic heterocycles. The molecule has 0 bridgehead atoms. The number of aliphatic imine (C=N–C) groups is 1. The van der Waals surface area contributed by atoms with Gasteiger partial charge >= 0.3 is 0 Å². The molecule has 0 spiro atoms. The first-order chi connectivity index (χ1) is 14.7. The van der Waals surface area contributed by atoms with Crippen LogP contribution in [0.3, 0.4) is 0 Å². The summed E-state index contributed by atoms with van der Waals surface area (Å²) < 4.78 is 14.0. The van der Waals surface area contributed by atoms with E-state index < -0.39 is 0 Å². The number of halogens is 1. The molecule has 1 unspecified atom stereocenters. The van der Waals surface area contributed by atoms with E-state index in [0.717, 1.165) is 35.6 Å². The molecular formula is C22H26FN7. The van der Waals surface area contributed by atoms with Crippen molar-refractivity contribution in [3.63, 3.8) is 0 Å². The van der Waals surface area contributed by atoms with E-state index >= 15 is 0 Å². The summed E-state index contributed by atoms with van der Waals surface area (Å²) in [4.78, 5) is 15.0. The summed E-state index contributed by atoms with van der Waals surface area (Å²) >= 11 is 0. The van der Waals surface area contributed by atoms with Gasteiger partial charge in [0, 0.05) is 50.9 Å². The van der Waals surface area contributed by atoms with Crippen LogP contribution >= 0.6 is 0 Å². The fourth-order valence-electron chi connectivity index (χ4n) is 3.60. The second kappa shape index (κ2) is 9.39. The Morgan fingerprint density at radius 1 is 1.17 bits per heavy atom. The summed E-state index contributed by atoms with van der Waals surface area (Å²) in [5.41, 5.74) is 0.975. The molecule has 1 atom stereocenters. The Kier molecular flexibility index (Phi) is 6.22. The van der Waals surface area contributed by atoms with E-state index in [9.17, 15) is 4.39 Å². The number of benzene rings is 1. The SMILES string of the molecule is CN=C(NCCNc1ccc2ccccc2n1)NC1CCN(c2ncccc2F)C1. The molecule has 0 aliphatic carbocycles. The van der Waals surface area contributed by atoms with E-state index in [1.165, 1.54) is 6.07 Å². The minimum atomic E-state index is -0.283. The maximum absolute atomic E-state index is 14.0. The van der Waals surface area contributed by atoms with Crippen molar-refractivity contribution in [2.75, 3.05) is 43.4 Å². The standard InChI is InChI=1S/C22H26FN7/c1-24-22(28-17-10-14-30(15-17)21-18(23)6-4-11-26-21)27-13-12-25-20-9-8-16-5-2-3-7-19(16)29-20/h2-9,11,17H,10,12-15H2,1H3,(H,25,29)(H2,24,27,28). The summed E-state index contributed by atoms with van der Waals surface area (Å²) in [5, 5.41) is 11.2. The Labute approximate surface area is 175 Å². The van der Waals surface area contributed by atoms with E-state index in [-0.39, 0.29) is 11.9 Å². The van der Waals surface area contributed by atoms with Crippen LogP contribution in [0, 0.1) is 5.82 Å². The van der Waals surface area contributed by atoms with Crippen molar-refractivity contribution in [1.29, 1.82) is 0 Å². The lowest BCUT2D eigenvalue weighted by Crippen LogP contribution is -2.45. The molecule has 156 valence electrons. The molecule has 3 heterocycles. The molecule has 2 aromatic heterocycles. The zero-order valence-electron chi connectivity index (χ0n) is 17.0. The highest BCUT2D eigenvalue weighted by atomic mass is 19.1. The molecule has 30 heavy (non-hydrogen) atoms. The van der Waals surface area contributed by atoms with Crippen molar-refractivity contribution < 1.29 is 4.39 Å². The van der Waals surface area contributed by atoms with Gasteiger partial charge in [0.25, 0.3) is 0 Å². The molecular weight excluding hydrogens is 381 g/mol. The van der Waals surface area contributed by atoms with Crippen molar-refractivity contribution in [2.24, 2.45) is 4.99 Å². The fraction of sp³-hybridized carbons (Fsp3) is 0.318. The summed E-state index contributed by atoms with van der Waals surface area (Å²) in [6, 6.07) is 15.3. The lowest BCUT2D eigenvalue weighted by atomic mass is 10.2. The Balaban J connectivity index is 1.23. The Morgan fingerprint density at radius 3 is 2.93 bits per heavy atom. The molecule has 3 aromatic rings. The third-order valence-electron chi connectivity index (χ3n) is 5.11. The largest absolute Gasteiger partial charge is 0.368 e. The highest BCUT2D eigenvalue weighted by Crippen LogP contribution is 2.20. The number of guanidine groups is 1. The molecule has 7 nitrogen and oxygen atoms in total. The van der Waals surface area contributed by atoms with Crippen molar-refractivity contribution in [3.05, 3.63) is 60.5 Å². The first-order valence-electron chi connectivity index (χ1n) is 10.2. The summed E-state index contributed by atoms with van der Waals surface area (Å²) in [6.45, 7) is 2.85. The van der Waals surface area contributed by atoms with Crippen LogP contribution in [0.2, 0.25) is 0 Å². The minimum absolute atomic E-state index is 0.188. The van der Waals surface area contributed by atoms with Gasteiger partial charge in [0.2, 0.25) is 0 Å². The third-order valence-corrected chi connectivity index (χ3v) is 5.11. The second-order valence-electron chi connectivity index (χ2n) is 7.20. The number of pyridine rings is 2. The maximum atomic E-state index is 14.0. The van der Waals surface area contributed by atoms with Gasteiger partial charge in [0.05, 0.1) is 5.52 Å². The number of para-hydroxylation sites is 1. The van der Waals surface area contributed by atoms with E-state index in [4.69, 9.17) is 0 Å². The Hall–Kier alpha value is -3.42. The van der Waals surface area contributed by atoms with Crippen LogP contribution in [0.25, 0.3) is 10.9 Å². The number of hydrogen-bond donors (Lipinski definition) is 3. The van der Waals surface area contributed by atoms with Crippen LogP contribution in [0.4, 0.5) is 16.0 Å². The van der Waals surface area contributed by atoms with Gasteiger partial charge in [-0.2, -0.15) is 0 Å². The Bertz CT molecular complexity index is 1020. The zero-order valence-corrected chi connectivity index (χ0v) is 17.0.